The normalized spacial score (nSPS) is 18.6. The number of hydrogen-bond acceptors (Lipinski definition) is 6. The molecule has 2 spiro atoms. The molecule has 0 atom stereocenters. The summed E-state index contributed by atoms with van der Waals surface area (Å²) in [6, 6.07) is 34.0. The van der Waals surface area contributed by atoms with Gasteiger partial charge in [-0.1, -0.05) is 97.1 Å². The molecule has 4 aromatic carbocycles. The van der Waals surface area contributed by atoms with Crippen LogP contribution in [-0.4, -0.2) is 115 Å². The Bertz CT molecular complexity index is 2230. The molecule has 4 heterocycles. The van der Waals surface area contributed by atoms with Crippen molar-refractivity contribution in [1.82, 2.24) is 20.0 Å². The Morgan fingerprint density at radius 2 is 0.956 bits per heavy atom. The second-order valence-electron chi connectivity index (χ2n) is 18.4. The van der Waals surface area contributed by atoms with Crippen LogP contribution in [0.4, 0.5) is 57.5 Å². The van der Waals surface area contributed by atoms with Crippen LogP contribution in [0.1, 0.15) is 47.9 Å². The lowest BCUT2D eigenvalue weighted by atomic mass is 9.72. The van der Waals surface area contributed by atoms with Crippen molar-refractivity contribution in [1.29, 1.82) is 0 Å². The molecule has 8 rings (SSSR count). The first kappa shape index (κ1) is 52.5. The van der Waals surface area contributed by atoms with Crippen LogP contribution in [0.3, 0.4) is 0 Å². The number of aryl methyl sites for hydroxylation is 2. The summed E-state index contributed by atoms with van der Waals surface area (Å²) >= 11 is 0. The number of hydrogen-bond donors (Lipinski definition) is 2. The van der Waals surface area contributed by atoms with E-state index in [-0.39, 0.29) is 18.5 Å². The number of aliphatic hydroxyl groups excluding tert-OH is 1. The second-order valence-corrected chi connectivity index (χ2v) is 18.4. The number of nitrogens with one attached hydrogen (secondary N) is 1. The second kappa shape index (κ2) is 21.0. The van der Waals surface area contributed by atoms with E-state index in [1.807, 2.05) is 18.2 Å². The molecule has 68 heavy (non-hydrogen) atoms. The number of nitrogens with zero attached hydrogens (tertiary/aromatic N) is 3. The number of piperidine rings is 2. The number of aliphatic hydroxyl groups is 1. The molecule has 372 valence electrons. The third-order valence-electron chi connectivity index (χ3n) is 13.3. The van der Waals surface area contributed by atoms with Gasteiger partial charge in [-0.2, -0.15) is 52.7 Å². The third-order valence-corrected chi connectivity index (χ3v) is 13.3. The molecule has 0 bridgehead atoms. The van der Waals surface area contributed by atoms with Gasteiger partial charge in [0.2, 0.25) is 6.10 Å². The molecular formula is C49H54F12N4O3. The van der Waals surface area contributed by atoms with Crippen LogP contribution < -0.4 is 5.32 Å². The van der Waals surface area contributed by atoms with Crippen molar-refractivity contribution in [3.63, 3.8) is 0 Å². The predicted molar refractivity (Wildman–Crippen MR) is 232 cm³/mol. The van der Waals surface area contributed by atoms with Crippen LogP contribution >= 0.6 is 0 Å². The maximum atomic E-state index is 12.6. The zero-order chi connectivity index (χ0) is 49.7. The summed E-state index contributed by atoms with van der Waals surface area (Å²) in [6.07, 6.45) is -28.5. The molecule has 7 nitrogen and oxygen atoms in total. The van der Waals surface area contributed by atoms with Crippen LogP contribution in [0.5, 0.6) is 0 Å². The van der Waals surface area contributed by atoms with E-state index in [1.165, 1.54) is 72.4 Å². The SMILES string of the molecule is Cc1cc(-c2ccccc2)ccc1CN1CCC2(CC1)CN(C(=O)OC(C(F)(F)F)C(F)(F)F)C2.Cc1cc(-c2ccccc2)ccc1CN1CCC2(CC1)CNC2.OC(C(F)(F)F)C(F)(F)F. The largest absolute Gasteiger partial charge is 0.434 e. The number of halogens is 12. The number of alkyl halides is 12. The van der Waals surface area contributed by atoms with Crippen molar-refractivity contribution in [3.8, 4) is 22.3 Å². The lowest BCUT2D eigenvalue weighted by Crippen LogP contribution is -2.62. The van der Waals surface area contributed by atoms with E-state index in [9.17, 15) is 57.5 Å². The quantitative estimate of drug-likeness (QED) is 0.180. The van der Waals surface area contributed by atoms with E-state index < -0.39 is 43.0 Å². The number of benzene rings is 4. The van der Waals surface area contributed by atoms with Gasteiger partial charge < -0.3 is 20.1 Å². The van der Waals surface area contributed by atoms with E-state index in [0.717, 1.165) is 42.2 Å². The van der Waals surface area contributed by atoms with Gasteiger partial charge in [-0.3, -0.25) is 9.80 Å². The molecule has 2 N–H and O–H groups in total. The molecule has 19 heteroatoms. The third kappa shape index (κ3) is 13.7. The van der Waals surface area contributed by atoms with Crippen molar-refractivity contribution in [2.24, 2.45) is 10.8 Å². The zero-order valence-electron chi connectivity index (χ0n) is 37.4. The molecule has 4 fully saturated rings. The Kier molecular flexibility index (Phi) is 16.2. The fraction of sp³-hybridized carbons (Fsp3) is 0.490. The molecule has 4 aliphatic heterocycles. The minimum absolute atomic E-state index is 0.104. The van der Waals surface area contributed by atoms with Crippen LogP contribution in [0.15, 0.2) is 97.1 Å². The Labute approximate surface area is 387 Å². The van der Waals surface area contributed by atoms with Crippen molar-refractivity contribution < 1.29 is 67.3 Å². The van der Waals surface area contributed by atoms with Gasteiger partial charge in [-0.15, -0.1) is 0 Å². The minimum atomic E-state index is -5.71. The van der Waals surface area contributed by atoms with Gasteiger partial charge in [0.1, 0.15) is 0 Å². The highest BCUT2D eigenvalue weighted by atomic mass is 19.4. The first-order chi connectivity index (χ1) is 31.8. The van der Waals surface area contributed by atoms with Gasteiger partial charge in [0.15, 0.2) is 0 Å². The first-order valence-corrected chi connectivity index (χ1v) is 22.1. The standard InChI is InChI=1S/C25H26F6N2O2.C21H26N2.C3H2F6O/c1-17-13-19(18-5-3-2-4-6-18)7-8-20(17)14-32-11-9-23(10-12-32)15-33(16-23)22(34)35-21(24(26,27)28)25(29,30)31;1-17-13-19(18-5-3-2-4-6-18)7-8-20(17)14-23-11-9-21(10-12-23)15-22-16-21;4-2(5,6)1(10)3(7,8)9/h2-8,13,21H,9-12,14-16H2,1H3;2-8,13,22H,9-12,14-16H2,1H3;1,10H. The monoisotopic (exact) mass is 974 g/mol. The molecule has 0 radical (unpaired) electrons. The summed E-state index contributed by atoms with van der Waals surface area (Å²) in [5.41, 5.74) is 10.5. The van der Waals surface area contributed by atoms with Crippen molar-refractivity contribution >= 4 is 6.09 Å². The molecule has 0 aromatic heterocycles. The number of amides is 1. The summed E-state index contributed by atoms with van der Waals surface area (Å²) in [5.74, 6) is 0. The molecule has 4 aliphatic rings. The number of carbonyl (C=O) groups is 1. The summed E-state index contributed by atoms with van der Waals surface area (Å²) in [7, 11) is 0. The lowest BCUT2D eigenvalue weighted by Gasteiger charge is -2.53. The Balaban J connectivity index is 0.000000197. The van der Waals surface area contributed by atoms with Crippen LogP contribution in [-0.2, 0) is 17.8 Å². The maximum Gasteiger partial charge on any atom is 0.434 e. The minimum Gasteiger partial charge on any atom is -0.426 e. The number of rotatable bonds is 7. The summed E-state index contributed by atoms with van der Waals surface area (Å²) < 4.78 is 146. The summed E-state index contributed by atoms with van der Waals surface area (Å²) in [4.78, 5) is 17.8. The molecule has 0 aliphatic carbocycles. The highest BCUT2D eigenvalue weighted by Gasteiger charge is 2.61. The summed E-state index contributed by atoms with van der Waals surface area (Å²) in [6.45, 7) is 12.8. The zero-order valence-corrected chi connectivity index (χ0v) is 37.4. The van der Waals surface area contributed by atoms with E-state index in [2.05, 4.69) is 113 Å². The number of carbonyl (C=O) groups excluding carboxylic acids is 1. The van der Waals surface area contributed by atoms with Gasteiger partial charge >= 0.3 is 30.8 Å². The van der Waals surface area contributed by atoms with Crippen molar-refractivity contribution in [3.05, 3.63) is 119 Å². The van der Waals surface area contributed by atoms with Crippen molar-refractivity contribution in [2.45, 2.75) is 89.5 Å². The van der Waals surface area contributed by atoms with E-state index in [4.69, 9.17) is 5.11 Å². The molecule has 4 saturated heterocycles. The highest BCUT2D eigenvalue weighted by Crippen LogP contribution is 2.43. The lowest BCUT2D eigenvalue weighted by molar-refractivity contribution is -0.310. The van der Waals surface area contributed by atoms with Gasteiger partial charge in [0.05, 0.1) is 0 Å². The Morgan fingerprint density at radius 3 is 1.26 bits per heavy atom. The van der Waals surface area contributed by atoms with E-state index in [0.29, 0.717) is 18.3 Å². The summed E-state index contributed by atoms with van der Waals surface area (Å²) in [5, 5.41) is 10.9. The molecule has 1 amide bonds. The fourth-order valence-electron chi connectivity index (χ4n) is 8.94. The van der Waals surface area contributed by atoms with Crippen LogP contribution in [0.2, 0.25) is 0 Å². The molecule has 4 aromatic rings. The predicted octanol–water partition coefficient (Wildman–Crippen LogP) is 11.5. The maximum absolute atomic E-state index is 12.6. The topological polar surface area (TPSA) is 68.3 Å². The van der Waals surface area contributed by atoms with Gasteiger partial charge in [-0.25, -0.2) is 4.79 Å². The average Bonchev–Trinajstić information content (AvgIpc) is 3.25. The molecular weight excluding hydrogens is 921 g/mol. The van der Waals surface area contributed by atoms with Gasteiger partial charge in [0.25, 0.3) is 6.10 Å². The number of likely N-dealkylation sites (tertiary alicyclic amines) is 3. The number of ether oxygens (including phenoxy) is 1. The first-order valence-electron chi connectivity index (χ1n) is 22.1. The van der Waals surface area contributed by atoms with E-state index >= 15 is 0 Å². The Morgan fingerprint density at radius 1 is 0.574 bits per heavy atom. The van der Waals surface area contributed by atoms with Crippen LogP contribution in [0.25, 0.3) is 22.3 Å². The van der Waals surface area contributed by atoms with Crippen LogP contribution in [0, 0.1) is 24.7 Å². The fourth-order valence-corrected chi connectivity index (χ4v) is 8.94. The van der Waals surface area contributed by atoms with Crippen molar-refractivity contribution in [2.75, 3.05) is 52.4 Å². The highest BCUT2D eigenvalue weighted by molar-refractivity contribution is 5.69. The smallest absolute Gasteiger partial charge is 0.426 e. The van der Waals surface area contributed by atoms with Gasteiger partial charge in [-0.05, 0) is 116 Å². The molecule has 0 unspecified atom stereocenters. The van der Waals surface area contributed by atoms with Gasteiger partial charge in [0, 0.05) is 44.7 Å². The Hall–Kier alpha value is -4.85. The molecule has 0 saturated carbocycles. The average molecular weight is 975 g/mol. The van der Waals surface area contributed by atoms with E-state index in [1.54, 1.807) is 0 Å².